The molecule has 2 aromatic rings. The second-order valence-corrected chi connectivity index (χ2v) is 6.74. The van der Waals surface area contributed by atoms with Gasteiger partial charge < -0.3 is 10.2 Å². The molecule has 0 atom stereocenters. The van der Waals surface area contributed by atoms with Crippen molar-refractivity contribution >= 4 is 11.6 Å². The molecule has 3 rings (SSSR count). The smallest absolute Gasteiger partial charge is 0.137 e. The molecule has 1 saturated heterocycles. The average molecular weight is 339 g/mol. The number of hydrogen-bond donors (Lipinski definition) is 1. The Balaban J connectivity index is 1.65. The number of nitrogens with one attached hydrogen (secondary N) is 1. The normalized spacial score (nSPS) is 15.4. The van der Waals surface area contributed by atoms with Crippen molar-refractivity contribution in [2.75, 3.05) is 42.9 Å². The average Bonchev–Trinajstić information content (AvgIpc) is 2.64. The number of rotatable bonds is 6. The molecule has 1 aliphatic heterocycles. The SMILES string of the molecule is CCCNc1nc(C)nc(N2CCN(Cc3ccccc3)CC2)c1C. The Morgan fingerprint density at radius 3 is 2.40 bits per heavy atom. The predicted octanol–water partition coefficient (Wildman–Crippen LogP) is 3.24. The molecular formula is C20H29N5. The van der Waals surface area contributed by atoms with Gasteiger partial charge in [-0.3, -0.25) is 4.90 Å². The van der Waals surface area contributed by atoms with E-state index in [0.29, 0.717) is 0 Å². The van der Waals surface area contributed by atoms with Crippen LogP contribution in [0.5, 0.6) is 0 Å². The van der Waals surface area contributed by atoms with Crippen LogP contribution >= 0.6 is 0 Å². The van der Waals surface area contributed by atoms with E-state index in [4.69, 9.17) is 4.98 Å². The fraction of sp³-hybridized carbons (Fsp3) is 0.500. The summed E-state index contributed by atoms with van der Waals surface area (Å²) < 4.78 is 0. The molecule has 0 radical (unpaired) electrons. The van der Waals surface area contributed by atoms with Gasteiger partial charge in [0.25, 0.3) is 0 Å². The Hall–Kier alpha value is -2.14. The third-order valence-electron chi connectivity index (χ3n) is 4.70. The number of aromatic nitrogens is 2. The standard InChI is InChI=1S/C20H29N5/c1-4-10-21-19-16(2)20(23-17(3)22-19)25-13-11-24(12-14-25)15-18-8-6-5-7-9-18/h5-9H,4,10-15H2,1-3H3,(H,21,22,23). The fourth-order valence-electron chi connectivity index (χ4n) is 3.30. The fourth-order valence-corrected chi connectivity index (χ4v) is 3.30. The highest BCUT2D eigenvalue weighted by Crippen LogP contribution is 2.25. The quantitative estimate of drug-likeness (QED) is 0.875. The molecule has 25 heavy (non-hydrogen) atoms. The predicted molar refractivity (Wildman–Crippen MR) is 104 cm³/mol. The van der Waals surface area contributed by atoms with Gasteiger partial charge in [0.1, 0.15) is 17.5 Å². The van der Waals surface area contributed by atoms with E-state index in [1.807, 2.05) is 6.92 Å². The van der Waals surface area contributed by atoms with Crippen LogP contribution in [-0.2, 0) is 6.54 Å². The highest BCUT2D eigenvalue weighted by molar-refractivity contribution is 5.58. The summed E-state index contributed by atoms with van der Waals surface area (Å²) in [5.74, 6) is 2.91. The summed E-state index contributed by atoms with van der Waals surface area (Å²) in [5, 5.41) is 3.44. The van der Waals surface area contributed by atoms with Crippen LogP contribution in [0, 0.1) is 13.8 Å². The summed E-state index contributed by atoms with van der Waals surface area (Å²) in [4.78, 5) is 14.2. The van der Waals surface area contributed by atoms with E-state index < -0.39 is 0 Å². The molecular weight excluding hydrogens is 310 g/mol. The molecule has 0 spiro atoms. The molecule has 0 bridgehead atoms. The van der Waals surface area contributed by atoms with Gasteiger partial charge in [0.2, 0.25) is 0 Å². The second kappa shape index (κ2) is 8.30. The van der Waals surface area contributed by atoms with E-state index in [2.05, 4.69) is 64.3 Å². The number of hydrogen-bond acceptors (Lipinski definition) is 5. The highest BCUT2D eigenvalue weighted by atomic mass is 15.3. The first-order valence-corrected chi connectivity index (χ1v) is 9.27. The Morgan fingerprint density at radius 2 is 1.72 bits per heavy atom. The zero-order chi connectivity index (χ0) is 17.6. The van der Waals surface area contributed by atoms with E-state index in [1.165, 1.54) is 5.56 Å². The third-order valence-corrected chi connectivity index (χ3v) is 4.70. The molecule has 0 amide bonds. The lowest BCUT2D eigenvalue weighted by Gasteiger charge is -2.36. The topological polar surface area (TPSA) is 44.3 Å². The molecule has 2 heterocycles. The summed E-state index contributed by atoms with van der Waals surface area (Å²) in [5.41, 5.74) is 2.55. The van der Waals surface area contributed by atoms with Crippen LogP contribution in [0.25, 0.3) is 0 Å². The zero-order valence-electron chi connectivity index (χ0n) is 15.6. The molecule has 1 aromatic heterocycles. The minimum atomic E-state index is 0.839. The van der Waals surface area contributed by atoms with Gasteiger partial charge in [-0.05, 0) is 25.8 Å². The molecule has 5 nitrogen and oxygen atoms in total. The lowest BCUT2D eigenvalue weighted by Crippen LogP contribution is -2.46. The molecule has 0 aliphatic carbocycles. The van der Waals surface area contributed by atoms with E-state index >= 15 is 0 Å². The monoisotopic (exact) mass is 339 g/mol. The van der Waals surface area contributed by atoms with Crippen LogP contribution in [0.3, 0.4) is 0 Å². The molecule has 0 saturated carbocycles. The molecule has 1 fully saturated rings. The van der Waals surface area contributed by atoms with Gasteiger partial charge in [-0.2, -0.15) is 0 Å². The number of aryl methyl sites for hydroxylation is 1. The van der Waals surface area contributed by atoms with E-state index in [-0.39, 0.29) is 0 Å². The van der Waals surface area contributed by atoms with Crippen LogP contribution in [0.15, 0.2) is 30.3 Å². The maximum Gasteiger partial charge on any atom is 0.137 e. The maximum absolute atomic E-state index is 4.73. The minimum Gasteiger partial charge on any atom is -0.370 e. The van der Waals surface area contributed by atoms with Gasteiger partial charge in [-0.1, -0.05) is 37.3 Å². The summed E-state index contributed by atoms with van der Waals surface area (Å²) in [6.45, 7) is 12.4. The number of piperazine rings is 1. The Morgan fingerprint density at radius 1 is 1.00 bits per heavy atom. The second-order valence-electron chi connectivity index (χ2n) is 6.74. The van der Waals surface area contributed by atoms with Gasteiger partial charge in [0, 0.05) is 44.8 Å². The van der Waals surface area contributed by atoms with Crippen molar-refractivity contribution in [2.24, 2.45) is 0 Å². The largest absolute Gasteiger partial charge is 0.370 e. The zero-order valence-corrected chi connectivity index (χ0v) is 15.6. The molecule has 134 valence electrons. The van der Waals surface area contributed by atoms with Crippen molar-refractivity contribution in [3.63, 3.8) is 0 Å². The van der Waals surface area contributed by atoms with Gasteiger partial charge in [0.05, 0.1) is 0 Å². The first-order chi connectivity index (χ1) is 12.2. The molecule has 1 aromatic carbocycles. The summed E-state index contributed by atoms with van der Waals surface area (Å²) >= 11 is 0. The maximum atomic E-state index is 4.73. The van der Waals surface area contributed by atoms with Crippen molar-refractivity contribution in [1.29, 1.82) is 0 Å². The van der Waals surface area contributed by atoms with Crippen molar-refractivity contribution in [3.8, 4) is 0 Å². The lowest BCUT2D eigenvalue weighted by molar-refractivity contribution is 0.249. The molecule has 1 N–H and O–H groups in total. The highest BCUT2D eigenvalue weighted by Gasteiger charge is 2.21. The third kappa shape index (κ3) is 4.48. The van der Waals surface area contributed by atoms with E-state index in [0.717, 1.165) is 68.7 Å². The Labute approximate surface area is 151 Å². The number of anilines is 2. The van der Waals surface area contributed by atoms with E-state index in [9.17, 15) is 0 Å². The van der Waals surface area contributed by atoms with Crippen LogP contribution < -0.4 is 10.2 Å². The van der Waals surface area contributed by atoms with Crippen LogP contribution in [0.2, 0.25) is 0 Å². The summed E-state index contributed by atoms with van der Waals surface area (Å²) in [6.07, 6.45) is 1.09. The molecule has 1 aliphatic rings. The first kappa shape index (κ1) is 17.7. The van der Waals surface area contributed by atoms with Crippen molar-refractivity contribution in [3.05, 3.63) is 47.3 Å². The lowest BCUT2D eigenvalue weighted by atomic mass is 10.2. The summed E-state index contributed by atoms with van der Waals surface area (Å²) in [7, 11) is 0. The Kier molecular flexibility index (Phi) is 5.87. The van der Waals surface area contributed by atoms with Gasteiger partial charge in [0.15, 0.2) is 0 Å². The molecule has 5 heteroatoms. The van der Waals surface area contributed by atoms with Crippen molar-refractivity contribution in [2.45, 2.75) is 33.7 Å². The minimum absolute atomic E-state index is 0.839. The Bertz CT molecular complexity index is 678. The van der Waals surface area contributed by atoms with Crippen LogP contribution in [-0.4, -0.2) is 47.6 Å². The van der Waals surface area contributed by atoms with Gasteiger partial charge in [-0.25, -0.2) is 9.97 Å². The van der Waals surface area contributed by atoms with Gasteiger partial charge in [-0.15, -0.1) is 0 Å². The number of benzene rings is 1. The van der Waals surface area contributed by atoms with Crippen molar-refractivity contribution < 1.29 is 0 Å². The van der Waals surface area contributed by atoms with Crippen LogP contribution in [0.4, 0.5) is 11.6 Å². The van der Waals surface area contributed by atoms with Crippen molar-refractivity contribution in [1.82, 2.24) is 14.9 Å². The summed E-state index contributed by atoms with van der Waals surface area (Å²) in [6, 6.07) is 10.7. The first-order valence-electron chi connectivity index (χ1n) is 9.27. The van der Waals surface area contributed by atoms with Crippen LogP contribution in [0.1, 0.15) is 30.3 Å². The number of nitrogens with zero attached hydrogens (tertiary/aromatic N) is 4. The molecule has 0 unspecified atom stereocenters. The van der Waals surface area contributed by atoms with Gasteiger partial charge >= 0.3 is 0 Å². The van der Waals surface area contributed by atoms with E-state index in [1.54, 1.807) is 0 Å².